The zero-order valence-corrected chi connectivity index (χ0v) is 9.64. The predicted molar refractivity (Wildman–Crippen MR) is 61.1 cm³/mol. The predicted octanol–water partition coefficient (Wildman–Crippen LogP) is 3.42. The molecule has 2 atom stereocenters. The van der Waals surface area contributed by atoms with E-state index < -0.39 is 0 Å². The number of hydrogen-bond acceptors (Lipinski definition) is 3. The Labute approximate surface area is 92.0 Å². The molecule has 14 heavy (non-hydrogen) atoms. The number of rotatable bonds is 2. The van der Waals surface area contributed by atoms with E-state index in [4.69, 9.17) is 11.6 Å². The Balaban J connectivity index is 2.56. The standard InChI is InChI=1S/C10H11ClN2S/c1-6(7(2)11)9-8-3-4-14-10(8)13-5-12-9/h3-7H,1-2H3. The average Bonchev–Trinajstić information content (AvgIpc) is 2.63. The summed E-state index contributed by atoms with van der Waals surface area (Å²) in [6, 6.07) is 2.06. The van der Waals surface area contributed by atoms with Crippen molar-refractivity contribution < 1.29 is 0 Å². The highest BCUT2D eigenvalue weighted by Gasteiger charge is 2.16. The van der Waals surface area contributed by atoms with Gasteiger partial charge in [-0.2, -0.15) is 0 Å². The van der Waals surface area contributed by atoms with Crippen LogP contribution in [0.2, 0.25) is 0 Å². The van der Waals surface area contributed by atoms with Gasteiger partial charge in [0.25, 0.3) is 0 Å². The minimum absolute atomic E-state index is 0.0907. The molecule has 2 unspecified atom stereocenters. The summed E-state index contributed by atoms with van der Waals surface area (Å²) in [7, 11) is 0. The van der Waals surface area contributed by atoms with E-state index >= 15 is 0 Å². The van der Waals surface area contributed by atoms with Gasteiger partial charge in [-0.25, -0.2) is 9.97 Å². The van der Waals surface area contributed by atoms with Crippen LogP contribution in [0.5, 0.6) is 0 Å². The van der Waals surface area contributed by atoms with Crippen LogP contribution in [0.4, 0.5) is 0 Å². The molecule has 0 bridgehead atoms. The summed E-state index contributed by atoms with van der Waals surface area (Å²) < 4.78 is 0. The first kappa shape index (κ1) is 9.87. The molecule has 0 aliphatic rings. The Morgan fingerprint density at radius 3 is 2.86 bits per heavy atom. The van der Waals surface area contributed by atoms with Gasteiger partial charge in [-0.05, 0) is 18.4 Å². The van der Waals surface area contributed by atoms with E-state index in [-0.39, 0.29) is 11.3 Å². The van der Waals surface area contributed by atoms with Crippen molar-refractivity contribution in [1.82, 2.24) is 9.97 Å². The number of alkyl halides is 1. The summed E-state index contributed by atoms with van der Waals surface area (Å²) in [6.07, 6.45) is 1.62. The maximum absolute atomic E-state index is 6.07. The molecule has 2 aromatic heterocycles. The molecule has 74 valence electrons. The minimum atomic E-state index is 0.0907. The molecule has 0 saturated heterocycles. The van der Waals surface area contributed by atoms with E-state index in [1.54, 1.807) is 17.7 Å². The Morgan fingerprint density at radius 2 is 2.14 bits per heavy atom. The number of fused-ring (bicyclic) bond motifs is 1. The van der Waals surface area contributed by atoms with Crippen LogP contribution in [0.15, 0.2) is 17.8 Å². The first-order valence-electron chi connectivity index (χ1n) is 4.52. The van der Waals surface area contributed by atoms with E-state index in [1.165, 1.54) is 0 Å². The van der Waals surface area contributed by atoms with Crippen LogP contribution in [0.25, 0.3) is 10.2 Å². The van der Waals surface area contributed by atoms with Gasteiger partial charge in [0, 0.05) is 16.7 Å². The monoisotopic (exact) mass is 226 g/mol. The van der Waals surface area contributed by atoms with Crippen LogP contribution in [-0.4, -0.2) is 15.3 Å². The van der Waals surface area contributed by atoms with E-state index in [1.807, 2.05) is 12.3 Å². The second-order valence-electron chi connectivity index (χ2n) is 3.36. The van der Waals surface area contributed by atoms with Crippen LogP contribution in [-0.2, 0) is 0 Å². The Hall–Kier alpha value is -0.670. The van der Waals surface area contributed by atoms with Crippen molar-refractivity contribution in [2.75, 3.05) is 0 Å². The van der Waals surface area contributed by atoms with Crippen LogP contribution in [0.3, 0.4) is 0 Å². The van der Waals surface area contributed by atoms with Gasteiger partial charge in [0.2, 0.25) is 0 Å². The molecule has 0 N–H and O–H groups in total. The van der Waals surface area contributed by atoms with Crippen molar-refractivity contribution in [3.05, 3.63) is 23.5 Å². The second kappa shape index (κ2) is 3.83. The maximum Gasteiger partial charge on any atom is 0.126 e. The highest BCUT2D eigenvalue weighted by atomic mass is 35.5. The normalized spacial score (nSPS) is 15.6. The lowest BCUT2D eigenvalue weighted by Gasteiger charge is -2.13. The fourth-order valence-electron chi connectivity index (χ4n) is 1.39. The molecule has 0 spiro atoms. The number of halogens is 1. The minimum Gasteiger partial charge on any atom is -0.240 e. The van der Waals surface area contributed by atoms with Gasteiger partial charge in [-0.3, -0.25) is 0 Å². The van der Waals surface area contributed by atoms with Crippen LogP contribution in [0.1, 0.15) is 25.5 Å². The lowest BCUT2D eigenvalue weighted by atomic mass is 10.0. The van der Waals surface area contributed by atoms with Crippen molar-refractivity contribution in [3.8, 4) is 0 Å². The Kier molecular flexibility index (Phi) is 2.70. The number of hydrogen-bond donors (Lipinski definition) is 0. The van der Waals surface area contributed by atoms with Gasteiger partial charge in [-0.15, -0.1) is 22.9 Å². The van der Waals surface area contributed by atoms with Crippen LogP contribution >= 0.6 is 22.9 Å². The lowest BCUT2D eigenvalue weighted by Crippen LogP contribution is -2.07. The fraction of sp³-hybridized carbons (Fsp3) is 0.400. The van der Waals surface area contributed by atoms with Gasteiger partial charge < -0.3 is 0 Å². The highest BCUT2D eigenvalue weighted by molar-refractivity contribution is 7.16. The van der Waals surface area contributed by atoms with Gasteiger partial charge in [0.1, 0.15) is 11.2 Å². The smallest absolute Gasteiger partial charge is 0.126 e. The summed E-state index contributed by atoms with van der Waals surface area (Å²) in [5, 5.41) is 3.26. The molecular weight excluding hydrogens is 216 g/mol. The molecule has 0 fully saturated rings. The highest BCUT2D eigenvalue weighted by Crippen LogP contribution is 2.29. The van der Waals surface area contributed by atoms with Gasteiger partial charge in [-0.1, -0.05) is 6.92 Å². The molecule has 0 aromatic carbocycles. The fourth-order valence-corrected chi connectivity index (χ4v) is 2.25. The zero-order valence-electron chi connectivity index (χ0n) is 8.07. The zero-order chi connectivity index (χ0) is 10.1. The third-order valence-electron chi connectivity index (χ3n) is 2.41. The van der Waals surface area contributed by atoms with Gasteiger partial charge in [0.15, 0.2) is 0 Å². The summed E-state index contributed by atoms with van der Waals surface area (Å²) in [6.45, 7) is 4.09. The van der Waals surface area contributed by atoms with Gasteiger partial charge in [0.05, 0.1) is 5.69 Å². The summed E-state index contributed by atoms with van der Waals surface area (Å²) in [4.78, 5) is 9.56. The molecule has 2 heterocycles. The molecule has 2 rings (SSSR count). The molecule has 2 aromatic rings. The van der Waals surface area contributed by atoms with Crippen molar-refractivity contribution in [2.45, 2.75) is 25.1 Å². The molecule has 0 aliphatic carbocycles. The third-order valence-corrected chi connectivity index (χ3v) is 3.61. The molecule has 4 heteroatoms. The number of aromatic nitrogens is 2. The summed E-state index contributed by atoms with van der Waals surface area (Å²) >= 11 is 7.71. The topological polar surface area (TPSA) is 25.8 Å². The summed E-state index contributed by atoms with van der Waals surface area (Å²) in [5.74, 6) is 0.261. The molecule has 0 amide bonds. The van der Waals surface area contributed by atoms with E-state index in [9.17, 15) is 0 Å². The average molecular weight is 227 g/mol. The Bertz CT molecular complexity index is 438. The number of nitrogens with zero attached hydrogens (tertiary/aromatic N) is 2. The van der Waals surface area contributed by atoms with Crippen molar-refractivity contribution in [1.29, 1.82) is 0 Å². The molecular formula is C10H11ClN2S. The SMILES string of the molecule is CC(Cl)C(C)c1ncnc2sccc12. The van der Waals surface area contributed by atoms with E-state index in [2.05, 4.69) is 23.0 Å². The molecule has 0 radical (unpaired) electrons. The number of thiophene rings is 1. The third kappa shape index (κ3) is 1.62. The largest absolute Gasteiger partial charge is 0.240 e. The maximum atomic E-state index is 6.07. The first-order valence-corrected chi connectivity index (χ1v) is 5.84. The quantitative estimate of drug-likeness (QED) is 0.734. The molecule has 0 saturated carbocycles. The molecule has 2 nitrogen and oxygen atoms in total. The van der Waals surface area contributed by atoms with Crippen molar-refractivity contribution >= 4 is 33.2 Å². The second-order valence-corrected chi connectivity index (χ2v) is 4.95. The van der Waals surface area contributed by atoms with E-state index in [0.29, 0.717) is 0 Å². The lowest BCUT2D eigenvalue weighted by molar-refractivity contribution is 0.722. The van der Waals surface area contributed by atoms with Crippen LogP contribution < -0.4 is 0 Å². The Morgan fingerprint density at radius 1 is 1.36 bits per heavy atom. The molecule has 0 aliphatic heterocycles. The van der Waals surface area contributed by atoms with E-state index in [0.717, 1.165) is 15.9 Å². The van der Waals surface area contributed by atoms with Crippen LogP contribution in [0, 0.1) is 0 Å². The first-order chi connectivity index (χ1) is 6.70. The van der Waals surface area contributed by atoms with Crippen molar-refractivity contribution in [3.63, 3.8) is 0 Å². The van der Waals surface area contributed by atoms with Crippen molar-refractivity contribution in [2.24, 2.45) is 0 Å². The summed E-state index contributed by atoms with van der Waals surface area (Å²) in [5.41, 5.74) is 1.05. The van der Waals surface area contributed by atoms with Gasteiger partial charge >= 0.3 is 0 Å².